The van der Waals surface area contributed by atoms with E-state index in [1.807, 2.05) is 30.3 Å². The van der Waals surface area contributed by atoms with E-state index >= 15 is 0 Å². The third kappa shape index (κ3) is 4.91. The molecule has 0 aliphatic heterocycles. The lowest BCUT2D eigenvalue weighted by molar-refractivity contribution is -0.384. The second-order valence-electron chi connectivity index (χ2n) is 7.63. The van der Waals surface area contributed by atoms with Crippen molar-refractivity contribution < 1.29 is 14.5 Å². The number of carbonyl (C=O) groups is 1. The number of nitrogens with zero attached hydrogens (tertiary/aromatic N) is 2. The zero-order valence-electron chi connectivity index (χ0n) is 17.7. The molecule has 0 radical (unpaired) electrons. The summed E-state index contributed by atoms with van der Waals surface area (Å²) in [7, 11) is 0. The van der Waals surface area contributed by atoms with Crippen LogP contribution in [0.3, 0.4) is 0 Å². The smallest absolute Gasteiger partial charge is 0.407 e. The SMILES string of the molecule is N#Cc1cc(C=CCCNC(=O)OCC2c3ccccc3-c3ccccc32)cc([N+](=O)[O-])c1. The van der Waals surface area contributed by atoms with Crippen molar-refractivity contribution in [1.29, 1.82) is 5.26 Å². The molecule has 1 aliphatic rings. The number of benzene rings is 3. The van der Waals surface area contributed by atoms with Crippen molar-refractivity contribution in [3.8, 4) is 17.2 Å². The summed E-state index contributed by atoms with van der Waals surface area (Å²) in [6, 6.07) is 22.4. The Morgan fingerprint density at radius 1 is 1.09 bits per heavy atom. The summed E-state index contributed by atoms with van der Waals surface area (Å²) in [6.07, 6.45) is 3.48. The standard InChI is InChI=1S/C26H21N3O4/c27-16-19-13-18(14-20(15-19)29(31)32)7-5-6-12-28-26(30)33-17-25-23-10-3-1-8-21(23)22-9-2-4-11-24(22)25/h1-5,7-11,13-15,25H,6,12,17H2,(H,28,30). The molecule has 0 saturated carbocycles. The van der Waals surface area contributed by atoms with E-state index in [-0.39, 0.29) is 23.8 Å². The number of ether oxygens (including phenoxy) is 1. The molecule has 164 valence electrons. The molecule has 0 aromatic heterocycles. The number of alkyl carbamates (subject to hydrolysis) is 1. The largest absolute Gasteiger partial charge is 0.449 e. The molecule has 0 spiro atoms. The minimum atomic E-state index is -0.531. The van der Waals surface area contributed by atoms with Crippen LogP contribution in [0.1, 0.15) is 34.6 Å². The predicted molar refractivity (Wildman–Crippen MR) is 125 cm³/mol. The number of nitro groups is 1. The molecule has 0 bridgehead atoms. The third-order valence-electron chi connectivity index (χ3n) is 5.51. The van der Waals surface area contributed by atoms with Gasteiger partial charge in [-0.3, -0.25) is 10.1 Å². The van der Waals surface area contributed by atoms with Crippen LogP contribution in [0.25, 0.3) is 17.2 Å². The molecule has 4 rings (SSSR count). The highest BCUT2D eigenvalue weighted by molar-refractivity contribution is 5.79. The number of non-ortho nitro benzene ring substituents is 1. The van der Waals surface area contributed by atoms with Gasteiger partial charge in [0.15, 0.2) is 0 Å². The second-order valence-corrected chi connectivity index (χ2v) is 7.63. The highest BCUT2D eigenvalue weighted by atomic mass is 16.6. The molecule has 7 nitrogen and oxygen atoms in total. The maximum atomic E-state index is 12.2. The molecular weight excluding hydrogens is 418 g/mol. The zero-order chi connectivity index (χ0) is 23.2. The Kier molecular flexibility index (Phi) is 6.46. The van der Waals surface area contributed by atoms with Crippen LogP contribution >= 0.6 is 0 Å². The van der Waals surface area contributed by atoms with Crippen LogP contribution in [-0.2, 0) is 4.74 Å². The summed E-state index contributed by atoms with van der Waals surface area (Å²) in [5, 5.41) is 22.7. The van der Waals surface area contributed by atoms with Crippen LogP contribution in [0.2, 0.25) is 0 Å². The average Bonchev–Trinajstić information content (AvgIpc) is 3.16. The van der Waals surface area contributed by atoms with Crippen molar-refractivity contribution in [2.45, 2.75) is 12.3 Å². The number of hydrogen-bond acceptors (Lipinski definition) is 5. The molecule has 0 heterocycles. The summed E-state index contributed by atoms with van der Waals surface area (Å²) in [5.74, 6) is 0.00578. The molecule has 3 aromatic carbocycles. The van der Waals surface area contributed by atoms with Gasteiger partial charge < -0.3 is 10.1 Å². The van der Waals surface area contributed by atoms with Crippen molar-refractivity contribution in [2.75, 3.05) is 13.2 Å². The van der Waals surface area contributed by atoms with Crippen molar-refractivity contribution in [1.82, 2.24) is 5.32 Å². The van der Waals surface area contributed by atoms with Crippen LogP contribution < -0.4 is 5.32 Å². The molecule has 33 heavy (non-hydrogen) atoms. The Bertz CT molecular complexity index is 1230. The van der Waals surface area contributed by atoms with Gasteiger partial charge in [0.1, 0.15) is 6.61 Å². The first-order chi connectivity index (χ1) is 16.1. The van der Waals surface area contributed by atoms with Gasteiger partial charge in [0.25, 0.3) is 5.69 Å². The minimum Gasteiger partial charge on any atom is -0.449 e. The van der Waals surface area contributed by atoms with Crippen molar-refractivity contribution >= 4 is 17.9 Å². The Morgan fingerprint density at radius 2 is 1.76 bits per heavy atom. The van der Waals surface area contributed by atoms with Crippen LogP contribution in [0.15, 0.2) is 72.8 Å². The Balaban J connectivity index is 1.29. The Labute approximate surface area is 191 Å². The minimum absolute atomic E-state index is 0.00578. The summed E-state index contributed by atoms with van der Waals surface area (Å²) in [6.45, 7) is 0.605. The molecule has 0 atom stereocenters. The summed E-state index contributed by atoms with van der Waals surface area (Å²) in [4.78, 5) is 22.6. The monoisotopic (exact) mass is 439 g/mol. The molecular formula is C26H21N3O4. The quantitative estimate of drug-likeness (QED) is 0.301. The van der Waals surface area contributed by atoms with Gasteiger partial charge in [-0.1, -0.05) is 60.7 Å². The van der Waals surface area contributed by atoms with Crippen molar-refractivity contribution in [2.24, 2.45) is 0 Å². The number of hydrogen-bond donors (Lipinski definition) is 1. The topological polar surface area (TPSA) is 105 Å². The molecule has 0 saturated heterocycles. The number of nitrogens with one attached hydrogen (secondary N) is 1. The van der Waals surface area contributed by atoms with E-state index in [0.29, 0.717) is 18.5 Å². The first-order valence-electron chi connectivity index (χ1n) is 10.5. The molecule has 1 amide bonds. The van der Waals surface area contributed by atoms with E-state index in [4.69, 9.17) is 10.00 Å². The summed E-state index contributed by atoms with van der Waals surface area (Å²) in [5.41, 5.74) is 5.31. The molecule has 7 heteroatoms. The molecule has 3 aromatic rings. The number of nitro benzene ring substituents is 1. The number of rotatable bonds is 7. The highest BCUT2D eigenvalue weighted by Gasteiger charge is 2.28. The van der Waals surface area contributed by atoms with E-state index < -0.39 is 11.0 Å². The molecule has 0 unspecified atom stereocenters. The number of fused-ring (bicyclic) bond motifs is 3. The fourth-order valence-electron chi connectivity index (χ4n) is 4.03. The van der Waals surface area contributed by atoms with Gasteiger partial charge in [-0.25, -0.2) is 4.79 Å². The lowest BCUT2D eigenvalue weighted by atomic mass is 9.98. The van der Waals surface area contributed by atoms with E-state index in [9.17, 15) is 14.9 Å². The fraction of sp³-hybridized carbons (Fsp3) is 0.154. The molecule has 1 N–H and O–H groups in total. The number of carbonyl (C=O) groups excluding carboxylic acids is 1. The Hall–Kier alpha value is -4.44. The number of nitriles is 1. The average molecular weight is 439 g/mol. The van der Waals surface area contributed by atoms with Crippen LogP contribution in [-0.4, -0.2) is 24.2 Å². The van der Waals surface area contributed by atoms with E-state index in [2.05, 4.69) is 29.6 Å². The van der Waals surface area contributed by atoms with Gasteiger partial charge in [0, 0.05) is 24.6 Å². The lowest BCUT2D eigenvalue weighted by Crippen LogP contribution is -2.26. The van der Waals surface area contributed by atoms with Crippen LogP contribution in [0.4, 0.5) is 10.5 Å². The normalized spacial score (nSPS) is 12.1. The summed E-state index contributed by atoms with van der Waals surface area (Å²) < 4.78 is 5.49. The first-order valence-corrected chi connectivity index (χ1v) is 10.5. The zero-order valence-corrected chi connectivity index (χ0v) is 17.7. The van der Waals surface area contributed by atoms with Crippen LogP contribution in [0.5, 0.6) is 0 Å². The number of amides is 1. The van der Waals surface area contributed by atoms with Crippen molar-refractivity contribution in [3.63, 3.8) is 0 Å². The lowest BCUT2D eigenvalue weighted by Gasteiger charge is -2.14. The van der Waals surface area contributed by atoms with Crippen molar-refractivity contribution in [3.05, 3.63) is 105 Å². The second kappa shape index (κ2) is 9.79. The Morgan fingerprint density at radius 3 is 2.39 bits per heavy atom. The van der Waals surface area contributed by atoms with E-state index in [1.165, 1.54) is 23.3 Å². The van der Waals surface area contributed by atoms with E-state index in [0.717, 1.165) is 11.1 Å². The predicted octanol–water partition coefficient (Wildman–Crippen LogP) is 5.41. The van der Waals surface area contributed by atoms with Gasteiger partial charge in [0.05, 0.1) is 16.6 Å². The van der Waals surface area contributed by atoms with Gasteiger partial charge in [-0.15, -0.1) is 0 Å². The van der Waals surface area contributed by atoms with Crippen LogP contribution in [0, 0.1) is 21.4 Å². The molecule has 0 fully saturated rings. The maximum absolute atomic E-state index is 12.2. The fourth-order valence-corrected chi connectivity index (χ4v) is 4.03. The highest BCUT2D eigenvalue weighted by Crippen LogP contribution is 2.44. The molecule has 1 aliphatic carbocycles. The van der Waals surface area contributed by atoms with Gasteiger partial charge in [0.2, 0.25) is 0 Å². The summed E-state index contributed by atoms with van der Waals surface area (Å²) >= 11 is 0. The maximum Gasteiger partial charge on any atom is 0.407 e. The third-order valence-corrected chi connectivity index (χ3v) is 5.51. The van der Waals surface area contributed by atoms with Gasteiger partial charge in [-0.2, -0.15) is 5.26 Å². The first kappa shape index (κ1) is 21.8. The van der Waals surface area contributed by atoms with E-state index in [1.54, 1.807) is 18.2 Å². The van der Waals surface area contributed by atoms with Gasteiger partial charge >= 0.3 is 6.09 Å². The van der Waals surface area contributed by atoms with Gasteiger partial charge in [-0.05, 0) is 40.3 Å².